The van der Waals surface area contributed by atoms with Gasteiger partial charge < -0.3 is 10.6 Å². The van der Waals surface area contributed by atoms with E-state index >= 15 is 0 Å². The zero-order chi connectivity index (χ0) is 16.5. The van der Waals surface area contributed by atoms with Gasteiger partial charge in [0.25, 0.3) is 0 Å². The molecule has 0 fully saturated rings. The molecule has 23 heavy (non-hydrogen) atoms. The number of allylic oxidation sites excluding steroid dienone is 1. The number of hydrogen-bond donors (Lipinski definition) is 2. The molecule has 0 unspecified atom stereocenters. The number of thioether (sulfide) groups is 1. The number of aliphatic imine (C=N–C) groups is 1. The Hall–Kier alpha value is -1.49. The minimum Gasteiger partial charge on any atom is -0.356 e. The van der Waals surface area contributed by atoms with Gasteiger partial charge in [0.1, 0.15) is 5.82 Å². The third-order valence-electron chi connectivity index (χ3n) is 4.01. The quantitative estimate of drug-likeness (QED) is 0.451. The standard InChI is InChI=1S/C18H26FN3S/c1-20-18(21-10-9-14-5-3-4-6-14)22-12-15-7-8-17(19)11-16(15)13-23-2/h5,7-8,11H,3-4,6,9-10,12-13H2,1-2H3,(H2,20,21,22). The monoisotopic (exact) mass is 335 g/mol. The van der Waals surface area contributed by atoms with Crippen LogP contribution in [0.5, 0.6) is 0 Å². The lowest BCUT2D eigenvalue weighted by atomic mass is 10.1. The Labute approximate surface area is 142 Å². The molecule has 0 saturated heterocycles. The highest BCUT2D eigenvalue weighted by molar-refractivity contribution is 7.97. The van der Waals surface area contributed by atoms with Gasteiger partial charge >= 0.3 is 0 Å². The van der Waals surface area contributed by atoms with Crippen molar-refractivity contribution in [3.05, 3.63) is 46.8 Å². The second-order valence-electron chi connectivity index (χ2n) is 5.70. The molecule has 0 radical (unpaired) electrons. The summed E-state index contributed by atoms with van der Waals surface area (Å²) in [5.41, 5.74) is 3.70. The molecule has 5 heteroatoms. The average Bonchev–Trinajstić information content (AvgIpc) is 3.06. The minimum atomic E-state index is -0.176. The first-order chi connectivity index (χ1) is 11.2. The summed E-state index contributed by atoms with van der Waals surface area (Å²) in [6.07, 6.45) is 9.22. The molecule has 0 atom stereocenters. The average molecular weight is 335 g/mol. The molecule has 0 spiro atoms. The Kier molecular flexibility index (Phi) is 7.46. The SMILES string of the molecule is CN=C(NCCC1=CCCC1)NCc1ccc(F)cc1CSC. The van der Waals surface area contributed by atoms with Gasteiger partial charge in [0.05, 0.1) is 0 Å². The van der Waals surface area contributed by atoms with Gasteiger partial charge in [0.2, 0.25) is 0 Å². The summed E-state index contributed by atoms with van der Waals surface area (Å²) >= 11 is 1.70. The van der Waals surface area contributed by atoms with Crippen molar-refractivity contribution in [3.63, 3.8) is 0 Å². The van der Waals surface area contributed by atoms with Crippen molar-refractivity contribution in [3.8, 4) is 0 Å². The van der Waals surface area contributed by atoms with Crippen molar-refractivity contribution in [2.75, 3.05) is 19.8 Å². The van der Waals surface area contributed by atoms with Crippen molar-refractivity contribution < 1.29 is 4.39 Å². The first-order valence-electron chi connectivity index (χ1n) is 8.11. The maximum atomic E-state index is 13.4. The first kappa shape index (κ1) is 17.9. The van der Waals surface area contributed by atoms with Crippen molar-refractivity contribution in [2.45, 2.75) is 38.0 Å². The predicted octanol–water partition coefficient (Wildman–Crippen LogP) is 3.85. The molecule has 1 aliphatic rings. The van der Waals surface area contributed by atoms with Gasteiger partial charge in [-0.15, -0.1) is 0 Å². The molecule has 126 valence electrons. The van der Waals surface area contributed by atoms with E-state index < -0.39 is 0 Å². The molecule has 0 aliphatic heterocycles. The minimum absolute atomic E-state index is 0.176. The number of guanidine groups is 1. The van der Waals surface area contributed by atoms with Gasteiger partial charge in [-0.25, -0.2) is 4.39 Å². The van der Waals surface area contributed by atoms with Crippen LogP contribution in [-0.4, -0.2) is 25.8 Å². The zero-order valence-electron chi connectivity index (χ0n) is 14.0. The molecular formula is C18H26FN3S. The topological polar surface area (TPSA) is 36.4 Å². The van der Waals surface area contributed by atoms with E-state index in [0.717, 1.165) is 35.8 Å². The fourth-order valence-corrected chi connectivity index (χ4v) is 3.34. The summed E-state index contributed by atoms with van der Waals surface area (Å²) in [4.78, 5) is 4.26. The van der Waals surface area contributed by atoms with E-state index in [4.69, 9.17) is 0 Å². The van der Waals surface area contributed by atoms with Crippen molar-refractivity contribution >= 4 is 17.7 Å². The summed E-state index contributed by atoms with van der Waals surface area (Å²) in [6, 6.07) is 4.99. The van der Waals surface area contributed by atoms with Crippen molar-refractivity contribution in [1.82, 2.24) is 10.6 Å². The smallest absolute Gasteiger partial charge is 0.191 e. The second kappa shape index (κ2) is 9.60. The van der Waals surface area contributed by atoms with Crippen LogP contribution in [0.3, 0.4) is 0 Å². The van der Waals surface area contributed by atoms with Crippen LogP contribution in [-0.2, 0) is 12.3 Å². The van der Waals surface area contributed by atoms with Crippen LogP contribution in [0.25, 0.3) is 0 Å². The molecule has 2 N–H and O–H groups in total. The van der Waals surface area contributed by atoms with Crippen LogP contribution in [0.1, 0.15) is 36.8 Å². The van der Waals surface area contributed by atoms with Gasteiger partial charge in [-0.3, -0.25) is 4.99 Å². The highest BCUT2D eigenvalue weighted by Gasteiger charge is 2.07. The highest BCUT2D eigenvalue weighted by Crippen LogP contribution is 2.19. The Morgan fingerprint density at radius 3 is 2.87 bits per heavy atom. The number of nitrogens with zero attached hydrogens (tertiary/aromatic N) is 1. The van der Waals surface area contributed by atoms with Gasteiger partial charge in [0, 0.05) is 25.9 Å². The first-order valence-corrected chi connectivity index (χ1v) is 9.51. The number of benzene rings is 1. The molecule has 0 heterocycles. The molecule has 0 amide bonds. The highest BCUT2D eigenvalue weighted by atomic mass is 32.2. The van der Waals surface area contributed by atoms with Gasteiger partial charge in [-0.05, 0) is 55.2 Å². The van der Waals surface area contributed by atoms with Gasteiger partial charge in [-0.1, -0.05) is 17.7 Å². The summed E-state index contributed by atoms with van der Waals surface area (Å²) in [5, 5.41) is 6.67. The fourth-order valence-electron chi connectivity index (χ4n) is 2.76. The van der Waals surface area contributed by atoms with Crippen LogP contribution in [0.4, 0.5) is 4.39 Å². The lowest BCUT2D eigenvalue weighted by Gasteiger charge is -2.14. The predicted molar refractivity (Wildman–Crippen MR) is 98.4 cm³/mol. The van der Waals surface area contributed by atoms with Crippen LogP contribution in [0.15, 0.2) is 34.8 Å². The Morgan fingerprint density at radius 1 is 1.30 bits per heavy atom. The second-order valence-corrected chi connectivity index (χ2v) is 6.57. The van der Waals surface area contributed by atoms with Crippen LogP contribution in [0, 0.1) is 5.82 Å². The number of rotatable bonds is 7. The molecule has 0 aromatic heterocycles. The maximum Gasteiger partial charge on any atom is 0.191 e. The van der Waals surface area contributed by atoms with E-state index in [-0.39, 0.29) is 5.82 Å². The van der Waals surface area contributed by atoms with E-state index in [9.17, 15) is 4.39 Å². The van der Waals surface area contributed by atoms with Gasteiger partial charge in [-0.2, -0.15) is 11.8 Å². The molecule has 2 rings (SSSR count). The lowest BCUT2D eigenvalue weighted by molar-refractivity contribution is 0.625. The summed E-state index contributed by atoms with van der Waals surface area (Å²) in [5.74, 6) is 1.43. The number of hydrogen-bond acceptors (Lipinski definition) is 2. The third kappa shape index (κ3) is 5.90. The van der Waals surface area contributed by atoms with Crippen LogP contribution in [0.2, 0.25) is 0 Å². The molecular weight excluding hydrogens is 309 g/mol. The summed E-state index contributed by atoms with van der Waals surface area (Å²) < 4.78 is 13.4. The van der Waals surface area contributed by atoms with E-state index in [0.29, 0.717) is 6.54 Å². The molecule has 0 saturated carbocycles. The normalized spacial score (nSPS) is 14.7. The lowest BCUT2D eigenvalue weighted by Crippen LogP contribution is -2.37. The molecule has 1 aromatic carbocycles. The van der Waals surface area contributed by atoms with E-state index in [1.165, 1.54) is 25.3 Å². The van der Waals surface area contributed by atoms with Crippen LogP contribution >= 0.6 is 11.8 Å². The zero-order valence-corrected chi connectivity index (χ0v) is 14.8. The summed E-state index contributed by atoms with van der Waals surface area (Å²) in [7, 11) is 1.78. The maximum absolute atomic E-state index is 13.4. The Balaban J connectivity index is 1.82. The fraction of sp³-hybridized carbons (Fsp3) is 0.500. The van der Waals surface area contributed by atoms with Crippen molar-refractivity contribution in [1.29, 1.82) is 0 Å². The Morgan fingerprint density at radius 2 is 2.17 bits per heavy atom. The van der Waals surface area contributed by atoms with Crippen LogP contribution < -0.4 is 10.6 Å². The van der Waals surface area contributed by atoms with Crippen molar-refractivity contribution in [2.24, 2.45) is 4.99 Å². The molecule has 3 nitrogen and oxygen atoms in total. The van der Waals surface area contributed by atoms with E-state index in [1.54, 1.807) is 30.4 Å². The Bertz CT molecular complexity index is 569. The number of halogens is 1. The van der Waals surface area contributed by atoms with E-state index in [2.05, 4.69) is 21.7 Å². The molecule has 1 aliphatic carbocycles. The molecule has 0 bridgehead atoms. The van der Waals surface area contributed by atoms with E-state index in [1.807, 2.05) is 12.3 Å². The largest absolute Gasteiger partial charge is 0.356 e. The third-order valence-corrected chi connectivity index (χ3v) is 4.61. The van der Waals surface area contributed by atoms with Gasteiger partial charge in [0.15, 0.2) is 5.96 Å². The molecule has 1 aromatic rings. The summed E-state index contributed by atoms with van der Waals surface area (Å²) in [6.45, 7) is 1.55. The number of nitrogens with one attached hydrogen (secondary N) is 2.